The summed E-state index contributed by atoms with van der Waals surface area (Å²) in [4.78, 5) is 12.2. The van der Waals surface area contributed by atoms with Gasteiger partial charge in [0.15, 0.2) is 5.65 Å². The molecule has 3 heterocycles. The van der Waals surface area contributed by atoms with Gasteiger partial charge in [-0.15, -0.1) is 0 Å². The highest BCUT2D eigenvalue weighted by Gasteiger charge is 2.27. The van der Waals surface area contributed by atoms with E-state index in [9.17, 15) is 0 Å². The highest BCUT2D eigenvalue weighted by molar-refractivity contribution is 5.74. The maximum Gasteiger partial charge on any atom is 0.178 e. The molecule has 3 rings (SSSR count). The highest BCUT2D eigenvalue weighted by atomic mass is 16.5. The Kier molecular flexibility index (Phi) is 2.57. The van der Waals surface area contributed by atoms with E-state index in [0.29, 0.717) is 0 Å². The second kappa shape index (κ2) is 4.09. The molecule has 1 aliphatic heterocycles. The Balaban J connectivity index is 1.94. The van der Waals surface area contributed by atoms with Gasteiger partial charge in [0.2, 0.25) is 0 Å². The molecular formula is C12H16N4O. The van der Waals surface area contributed by atoms with E-state index in [0.717, 1.165) is 30.0 Å². The number of pyridine rings is 1. The van der Waals surface area contributed by atoms with Crippen molar-refractivity contribution in [1.82, 2.24) is 20.3 Å². The predicted molar refractivity (Wildman–Crippen MR) is 64.8 cm³/mol. The average molecular weight is 232 g/mol. The molecule has 2 N–H and O–H groups in total. The number of hydrogen-bond acceptors (Lipinski definition) is 4. The molecule has 0 aliphatic carbocycles. The van der Waals surface area contributed by atoms with Crippen LogP contribution >= 0.6 is 0 Å². The van der Waals surface area contributed by atoms with E-state index >= 15 is 0 Å². The third kappa shape index (κ3) is 1.81. The first-order valence-corrected chi connectivity index (χ1v) is 5.85. The number of methoxy groups -OCH3 is 1. The van der Waals surface area contributed by atoms with E-state index in [1.165, 1.54) is 5.56 Å². The van der Waals surface area contributed by atoms with E-state index in [-0.39, 0.29) is 12.1 Å². The van der Waals surface area contributed by atoms with Gasteiger partial charge < -0.3 is 15.0 Å². The molecule has 5 nitrogen and oxygen atoms in total. The van der Waals surface area contributed by atoms with Crippen LogP contribution in [0.15, 0.2) is 12.3 Å². The van der Waals surface area contributed by atoms with Crippen LogP contribution in [-0.4, -0.2) is 34.7 Å². The Morgan fingerprint density at radius 3 is 3.06 bits per heavy atom. The maximum absolute atomic E-state index is 5.34. The van der Waals surface area contributed by atoms with Crippen molar-refractivity contribution < 1.29 is 4.74 Å². The summed E-state index contributed by atoms with van der Waals surface area (Å²) in [5.41, 5.74) is 3.00. The highest BCUT2D eigenvalue weighted by Crippen LogP contribution is 2.24. The molecule has 17 heavy (non-hydrogen) atoms. The molecule has 90 valence electrons. The third-order valence-corrected chi connectivity index (χ3v) is 3.37. The first kappa shape index (κ1) is 10.7. The lowest BCUT2D eigenvalue weighted by molar-refractivity contribution is 0.117. The third-order valence-electron chi connectivity index (χ3n) is 3.37. The molecule has 0 aromatic carbocycles. The van der Waals surface area contributed by atoms with Gasteiger partial charge >= 0.3 is 0 Å². The molecule has 1 aliphatic rings. The van der Waals surface area contributed by atoms with Gasteiger partial charge in [-0.1, -0.05) is 0 Å². The van der Waals surface area contributed by atoms with E-state index in [1.54, 1.807) is 13.3 Å². The number of hydrogen-bond donors (Lipinski definition) is 2. The number of rotatable bonds is 2. The van der Waals surface area contributed by atoms with Crippen molar-refractivity contribution in [3.8, 4) is 0 Å². The molecule has 1 saturated heterocycles. The molecule has 1 fully saturated rings. The molecular weight excluding hydrogens is 216 g/mol. The van der Waals surface area contributed by atoms with Gasteiger partial charge in [-0.2, -0.15) is 0 Å². The Hall–Kier alpha value is -1.46. The Morgan fingerprint density at radius 2 is 2.35 bits per heavy atom. The summed E-state index contributed by atoms with van der Waals surface area (Å²) in [6.45, 7) is 2.94. The molecule has 0 amide bonds. The second-order valence-electron chi connectivity index (χ2n) is 4.50. The van der Waals surface area contributed by atoms with Crippen LogP contribution in [0.1, 0.15) is 23.9 Å². The standard InChI is InChI=1S/C12H16N4O/c1-7-3-4-13-12-10(7)15-11(16-12)9-5-8(17-2)6-14-9/h3-4,8-9,14H,5-6H2,1-2H3,(H,13,15,16). The van der Waals surface area contributed by atoms with E-state index in [2.05, 4.69) is 27.2 Å². The van der Waals surface area contributed by atoms with Crippen LogP contribution < -0.4 is 5.32 Å². The normalized spacial score (nSPS) is 24.6. The largest absolute Gasteiger partial charge is 0.380 e. The molecule has 0 spiro atoms. The summed E-state index contributed by atoms with van der Waals surface area (Å²) in [6, 6.07) is 2.23. The minimum absolute atomic E-state index is 0.244. The number of ether oxygens (including phenoxy) is 1. The molecule has 2 atom stereocenters. The van der Waals surface area contributed by atoms with E-state index in [4.69, 9.17) is 4.74 Å². The van der Waals surface area contributed by atoms with Crippen LogP contribution in [0.25, 0.3) is 11.2 Å². The van der Waals surface area contributed by atoms with Crippen LogP contribution in [0.4, 0.5) is 0 Å². The van der Waals surface area contributed by atoms with Gasteiger partial charge in [0.1, 0.15) is 5.82 Å². The maximum atomic E-state index is 5.34. The van der Waals surface area contributed by atoms with Gasteiger partial charge in [-0.05, 0) is 25.0 Å². The first-order valence-electron chi connectivity index (χ1n) is 5.85. The average Bonchev–Trinajstić information content (AvgIpc) is 2.95. The zero-order valence-corrected chi connectivity index (χ0v) is 10.0. The van der Waals surface area contributed by atoms with Gasteiger partial charge in [-0.25, -0.2) is 9.97 Å². The van der Waals surface area contributed by atoms with Gasteiger partial charge in [0.05, 0.1) is 17.7 Å². The quantitative estimate of drug-likeness (QED) is 0.819. The molecule has 0 radical (unpaired) electrons. The van der Waals surface area contributed by atoms with Crippen molar-refractivity contribution in [2.75, 3.05) is 13.7 Å². The summed E-state index contributed by atoms with van der Waals surface area (Å²) in [5, 5.41) is 3.41. The lowest BCUT2D eigenvalue weighted by atomic mass is 10.2. The van der Waals surface area contributed by atoms with E-state index < -0.39 is 0 Å². The summed E-state index contributed by atoms with van der Waals surface area (Å²) in [7, 11) is 1.75. The SMILES string of the molecule is COC1CNC(c2nc3nccc(C)c3[nH]2)C1. The predicted octanol–water partition coefficient (Wildman–Crippen LogP) is 1.32. The zero-order chi connectivity index (χ0) is 11.8. The lowest BCUT2D eigenvalue weighted by Gasteiger charge is -2.06. The fourth-order valence-electron chi connectivity index (χ4n) is 2.31. The number of aromatic amines is 1. The van der Waals surface area contributed by atoms with Gasteiger partial charge in [0.25, 0.3) is 0 Å². The fourth-order valence-corrected chi connectivity index (χ4v) is 2.31. The fraction of sp³-hybridized carbons (Fsp3) is 0.500. The molecule has 0 saturated carbocycles. The van der Waals surface area contributed by atoms with Crippen LogP contribution in [0.5, 0.6) is 0 Å². The number of fused-ring (bicyclic) bond motifs is 1. The minimum Gasteiger partial charge on any atom is -0.380 e. The topological polar surface area (TPSA) is 62.8 Å². The van der Waals surface area contributed by atoms with Crippen molar-refractivity contribution in [2.45, 2.75) is 25.5 Å². The monoisotopic (exact) mass is 232 g/mol. The van der Waals surface area contributed by atoms with Crippen molar-refractivity contribution in [2.24, 2.45) is 0 Å². The number of aromatic nitrogens is 3. The molecule has 5 heteroatoms. The number of nitrogens with one attached hydrogen (secondary N) is 2. The summed E-state index contributed by atoms with van der Waals surface area (Å²) in [6.07, 6.45) is 3.03. The first-order chi connectivity index (χ1) is 8.28. The smallest absolute Gasteiger partial charge is 0.178 e. The van der Waals surface area contributed by atoms with E-state index in [1.807, 2.05) is 6.07 Å². The van der Waals surface area contributed by atoms with Crippen LogP contribution in [0.2, 0.25) is 0 Å². The summed E-state index contributed by atoms with van der Waals surface area (Å²) < 4.78 is 5.34. The number of H-pyrrole nitrogens is 1. The van der Waals surface area contributed by atoms with Crippen molar-refractivity contribution in [1.29, 1.82) is 0 Å². The van der Waals surface area contributed by atoms with Crippen LogP contribution in [0, 0.1) is 6.92 Å². The van der Waals surface area contributed by atoms with Gasteiger partial charge in [-0.3, -0.25) is 0 Å². The minimum atomic E-state index is 0.244. The zero-order valence-electron chi connectivity index (χ0n) is 10.0. The Labute approximate surface area is 99.6 Å². The summed E-state index contributed by atoms with van der Waals surface area (Å²) >= 11 is 0. The van der Waals surface area contributed by atoms with Crippen molar-refractivity contribution >= 4 is 11.2 Å². The second-order valence-corrected chi connectivity index (χ2v) is 4.50. The van der Waals surface area contributed by atoms with Crippen molar-refractivity contribution in [3.63, 3.8) is 0 Å². The van der Waals surface area contributed by atoms with Crippen LogP contribution in [-0.2, 0) is 4.74 Å². The van der Waals surface area contributed by atoms with Crippen molar-refractivity contribution in [3.05, 3.63) is 23.7 Å². The molecule has 2 aromatic rings. The van der Waals surface area contributed by atoms with Crippen LogP contribution in [0.3, 0.4) is 0 Å². The summed E-state index contributed by atoms with van der Waals surface area (Å²) in [5.74, 6) is 0.960. The Morgan fingerprint density at radius 1 is 1.47 bits per heavy atom. The van der Waals surface area contributed by atoms with Gasteiger partial charge in [0, 0.05) is 19.9 Å². The number of imidazole rings is 1. The number of aryl methyl sites for hydroxylation is 1. The molecule has 0 bridgehead atoms. The number of nitrogens with zero attached hydrogens (tertiary/aromatic N) is 2. The molecule has 2 aromatic heterocycles. The Bertz CT molecular complexity index is 536. The molecule has 2 unspecified atom stereocenters. The lowest BCUT2D eigenvalue weighted by Crippen LogP contribution is -2.16.